The molecule has 2 aromatic carbocycles. The van der Waals surface area contributed by atoms with Crippen LogP contribution in [0.5, 0.6) is 11.5 Å². The van der Waals surface area contributed by atoms with Crippen molar-refractivity contribution < 1.29 is 18.7 Å². The number of anilines is 1. The highest BCUT2D eigenvalue weighted by Crippen LogP contribution is 2.48. The number of methoxy groups -OCH3 is 1. The maximum Gasteiger partial charge on any atom is 0.325 e. The van der Waals surface area contributed by atoms with Gasteiger partial charge in [-0.25, -0.2) is 9.18 Å². The van der Waals surface area contributed by atoms with E-state index in [-0.39, 0.29) is 17.9 Å². The Kier molecular flexibility index (Phi) is 3.16. The Labute approximate surface area is 139 Å². The number of nitrogens with zero attached hydrogens (tertiary/aromatic N) is 1. The maximum absolute atomic E-state index is 13.2. The van der Waals surface area contributed by atoms with Crippen molar-refractivity contribution in [2.24, 2.45) is 0 Å². The number of nitrogens with one attached hydrogen (secondary N) is 1. The second-order valence-electron chi connectivity index (χ2n) is 6.17. The molecule has 2 atom stereocenters. The smallest absolute Gasteiger partial charge is 0.325 e. The number of rotatable bonds is 2. The fourth-order valence-corrected chi connectivity index (χ4v) is 3.50. The van der Waals surface area contributed by atoms with Crippen LogP contribution in [0.4, 0.5) is 14.9 Å². The third kappa shape index (κ3) is 2.10. The Morgan fingerprint density at radius 1 is 1.29 bits per heavy atom. The van der Waals surface area contributed by atoms with Gasteiger partial charge in [0.05, 0.1) is 13.2 Å². The summed E-state index contributed by atoms with van der Waals surface area (Å²) in [5, 5.41) is 3.00. The molecule has 0 aromatic heterocycles. The minimum absolute atomic E-state index is 0.155. The number of halogens is 1. The predicted octanol–water partition coefficient (Wildman–Crippen LogP) is 3.60. The van der Waals surface area contributed by atoms with E-state index in [4.69, 9.17) is 9.47 Å². The Bertz CT molecular complexity index is 808. The second kappa shape index (κ2) is 5.12. The van der Waals surface area contributed by atoms with Crippen LogP contribution in [0.1, 0.15) is 24.9 Å². The van der Waals surface area contributed by atoms with Crippen molar-refractivity contribution in [1.82, 2.24) is 5.32 Å². The first-order valence-corrected chi connectivity index (χ1v) is 7.74. The number of fused-ring (bicyclic) bond motifs is 4. The maximum atomic E-state index is 13.2. The summed E-state index contributed by atoms with van der Waals surface area (Å²) in [6, 6.07) is 11.0. The Hall–Kier alpha value is -2.76. The van der Waals surface area contributed by atoms with Gasteiger partial charge in [0.2, 0.25) is 0 Å². The van der Waals surface area contributed by atoms with Crippen molar-refractivity contribution in [2.45, 2.75) is 25.1 Å². The first kappa shape index (κ1) is 14.8. The molecule has 2 aliphatic heterocycles. The van der Waals surface area contributed by atoms with Gasteiger partial charge in [-0.2, -0.15) is 0 Å². The summed E-state index contributed by atoms with van der Waals surface area (Å²) in [4.78, 5) is 14.2. The first-order chi connectivity index (χ1) is 11.5. The number of hydrogen-bond donors (Lipinski definition) is 1. The Balaban J connectivity index is 1.81. The van der Waals surface area contributed by atoms with Gasteiger partial charge in [-0.3, -0.25) is 4.90 Å². The fourth-order valence-electron chi connectivity index (χ4n) is 3.50. The quantitative estimate of drug-likeness (QED) is 0.916. The molecule has 2 aliphatic rings. The van der Waals surface area contributed by atoms with E-state index in [1.807, 2.05) is 25.1 Å². The third-order valence-corrected chi connectivity index (χ3v) is 4.57. The van der Waals surface area contributed by atoms with Gasteiger partial charge in [0.25, 0.3) is 0 Å². The van der Waals surface area contributed by atoms with Crippen molar-refractivity contribution in [3.05, 3.63) is 53.8 Å². The summed E-state index contributed by atoms with van der Waals surface area (Å²) in [5.41, 5.74) is 0.596. The number of benzene rings is 2. The van der Waals surface area contributed by atoms with Crippen molar-refractivity contribution in [2.75, 3.05) is 12.0 Å². The molecular weight excluding hydrogens is 311 g/mol. The fraction of sp³-hybridized carbons (Fsp3) is 0.278. The van der Waals surface area contributed by atoms with Gasteiger partial charge in [-0.05, 0) is 37.3 Å². The second-order valence-corrected chi connectivity index (χ2v) is 6.17. The highest BCUT2D eigenvalue weighted by Gasteiger charge is 2.50. The monoisotopic (exact) mass is 328 g/mol. The van der Waals surface area contributed by atoms with Crippen LogP contribution < -0.4 is 19.7 Å². The van der Waals surface area contributed by atoms with Crippen LogP contribution in [-0.2, 0) is 0 Å². The largest absolute Gasteiger partial charge is 0.493 e. The lowest BCUT2D eigenvalue weighted by Gasteiger charge is -2.50. The zero-order valence-electron chi connectivity index (χ0n) is 13.4. The molecule has 2 aromatic rings. The van der Waals surface area contributed by atoms with Crippen LogP contribution in [0.15, 0.2) is 42.5 Å². The topological polar surface area (TPSA) is 50.8 Å². The average molecular weight is 328 g/mol. The zero-order valence-corrected chi connectivity index (χ0v) is 13.4. The Morgan fingerprint density at radius 3 is 2.75 bits per heavy atom. The lowest BCUT2D eigenvalue weighted by Crippen LogP contribution is -2.65. The van der Waals surface area contributed by atoms with Gasteiger partial charge < -0.3 is 14.8 Å². The third-order valence-electron chi connectivity index (χ3n) is 4.57. The molecule has 0 radical (unpaired) electrons. The number of para-hydroxylation sites is 1. The highest BCUT2D eigenvalue weighted by atomic mass is 19.1. The van der Waals surface area contributed by atoms with Gasteiger partial charge in [-0.15, -0.1) is 0 Å². The molecule has 2 bridgehead atoms. The van der Waals surface area contributed by atoms with Crippen molar-refractivity contribution >= 4 is 11.7 Å². The van der Waals surface area contributed by atoms with E-state index in [0.717, 1.165) is 5.56 Å². The number of ether oxygens (including phenoxy) is 2. The molecule has 0 unspecified atom stereocenters. The minimum Gasteiger partial charge on any atom is -0.493 e. The first-order valence-electron chi connectivity index (χ1n) is 7.74. The SMILES string of the molecule is COc1cccc2c1O[C@]1(C)C[C@H]2NC(=O)N1c1ccc(F)cc1. The summed E-state index contributed by atoms with van der Waals surface area (Å²) in [6.45, 7) is 1.86. The molecule has 0 saturated carbocycles. The summed E-state index contributed by atoms with van der Waals surface area (Å²) in [7, 11) is 1.59. The van der Waals surface area contributed by atoms with E-state index in [2.05, 4.69) is 5.32 Å². The van der Waals surface area contributed by atoms with Gasteiger partial charge >= 0.3 is 6.03 Å². The standard InChI is InChI=1S/C18H17FN2O3/c1-18-10-14(13-4-3-5-15(23-2)16(13)24-18)20-17(22)21(18)12-8-6-11(19)7-9-12/h3-9,14H,10H2,1-2H3,(H,20,22)/t14-,18-/m1/s1. The lowest BCUT2D eigenvalue weighted by atomic mass is 9.90. The Morgan fingerprint density at radius 2 is 2.04 bits per heavy atom. The van der Waals surface area contributed by atoms with E-state index in [0.29, 0.717) is 23.6 Å². The number of carbonyl (C=O) groups excluding carboxylic acids is 1. The number of hydrogen-bond acceptors (Lipinski definition) is 3. The molecule has 24 heavy (non-hydrogen) atoms. The van der Waals surface area contributed by atoms with Crippen LogP contribution in [0.3, 0.4) is 0 Å². The van der Waals surface area contributed by atoms with E-state index in [9.17, 15) is 9.18 Å². The minimum atomic E-state index is -0.882. The van der Waals surface area contributed by atoms with E-state index in [1.54, 1.807) is 19.2 Å². The highest BCUT2D eigenvalue weighted by molar-refractivity contribution is 5.95. The van der Waals surface area contributed by atoms with E-state index in [1.165, 1.54) is 17.0 Å². The van der Waals surface area contributed by atoms with Gasteiger partial charge in [0.1, 0.15) is 5.82 Å². The summed E-state index contributed by atoms with van der Waals surface area (Å²) in [5.74, 6) is 0.903. The van der Waals surface area contributed by atoms with Gasteiger partial charge in [0.15, 0.2) is 17.2 Å². The summed E-state index contributed by atoms with van der Waals surface area (Å²) < 4.78 is 24.9. The average Bonchev–Trinajstić information content (AvgIpc) is 2.55. The van der Waals surface area contributed by atoms with Crippen molar-refractivity contribution in [1.29, 1.82) is 0 Å². The van der Waals surface area contributed by atoms with Gasteiger partial charge in [-0.1, -0.05) is 12.1 Å². The van der Waals surface area contributed by atoms with E-state index >= 15 is 0 Å². The lowest BCUT2D eigenvalue weighted by molar-refractivity contribution is 0.0349. The molecule has 5 nitrogen and oxygen atoms in total. The van der Waals surface area contributed by atoms with E-state index < -0.39 is 5.72 Å². The van der Waals surface area contributed by atoms with Gasteiger partial charge in [0, 0.05) is 17.7 Å². The normalized spacial score (nSPS) is 24.7. The molecule has 4 rings (SSSR count). The van der Waals surface area contributed by atoms with Crippen LogP contribution in [0, 0.1) is 5.82 Å². The van der Waals surface area contributed by atoms with Crippen LogP contribution >= 0.6 is 0 Å². The van der Waals surface area contributed by atoms with Crippen molar-refractivity contribution in [3.8, 4) is 11.5 Å². The molecular formula is C18H17FN2O3. The molecule has 2 amide bonds. The predicted molar refractivity (Wildman–Crippen MR) is 86.8 cm³/mol. The molecule has 2 heterocycles. The zero-order chi connectivity index (χ0) is 16.9. The van der Waals surface area contributed by atoms with Crippen LogP contribution in [0.2, 0.25) is 0 Å². The number of urea groups is 1. The molecule has 6 heteroatoms. The van der Waals surface area contributed by atoms with Crippen molar-refractivity contribution in [3.63, 3.8) is 0 Å². The molecule has 124 valence electrons. The number of carbonyl (C=O) groups is 1. The molecule has 1 saturated heterocycles. The molecule has 0 spiro atoms. The summed E-state index contributed by atoms with van der Waals surface area (Å²) in [6.07, 6.45) is 0.580. The molecule has 1 N–H and O–H groups in total. The summed E-state index contributed by atoms with van der Waals surface area (Å²) >= 11 is 0. The van der Waals surface area contributed by atoms with Crippen LogP contribution in [0.25, 0.3) is 0 Å². The molecule has 0 aliphatic carbocycles. The number of amides is 2. The molecule has 1 fully saturated rings. The van der Waals surface area contributed by atoms with Crippen LogP contribution in [-0.4, -0.2) is 18.9 Å².